The highest BCUT2D eigenvalue weighted by atomic mass is 32.1. The minimum Gasteiger partial charge on any atom is -0.374 e. The van der Waals surface area contributed by atoms with E-state index in [-0.39, 0.29) is 11.9 Å². The fourth-order valence-corrected chi connectivity index (χ4v) is 5.14. The van der Waals surface area contributed by atoms with Crippen molar-refractivity contribution in [1.29, 1.82) is 0 Å². The summed E-state index contributed by atoms with van der Waals surface area (Å²) in [4.78, 5) is 14.2. The van der Waals surface area contributed by atoms with Gasteiger partial charge in [-0.2, -0.15) is 0 Å². The molecule has 0 aliphatic carbocycles. The summed E-state index contributed by atoms with van der Waals surface area (Å²) in [5.41, 5.74) is 7.62. The third kappa shape index (κ3) is 4.76. The molecule has 4 aromatic rings. The second-order valence-electron chi connectivity index (χ2n) is 8.21. The van der Waals surface area contributed by atoms with E-state index in [2.05, 4.69) is 80.8 Å². The van der Waals surface area contributed by atoms with Gasteiger partial charge in [-0.05, 0) is 74.2 Å². The Morgan fingerprint density at radius 3 is 2.03 bits per heavy atom. The lowest BCUT2D eigenvalue weighted by atomic mass is 9.95. The van der Waals surface area contributed by atoms with Crippen LogP contribution in [-0.4, -0.2) is 5.91 Å². The van der Waals surface area contributed by atoms with Gasteiger partial charge in [-0.1, -0.05) is 54.6 Å². The molecule has 0 unspecified atom stereocenters. The summed E-state index contributed by atoms with van der Waals surface area (Å²) in [6.07, 6.45) is 0. The van der Waals surface area contributed by atoms with E-state index in [9.17, 15) is 4.79 Å². The summed E-state index contributed by atoms with van der Waals surface area (Å²) in [6, 6.07) is 26.2. The number of benzene rings is 3. The van der Waals surface area contributed by atoms with Crippen LogP contribution in [0.2, 0.25) is 0 Å². The minimum absolute atomic E-state index is 0.0894. The van der Waals surface area contributed by atoms with Crippen molar-refractivity contribution >= 4 is 27.9 Å². The van der Waals surface area contributed by atoms with Gasteiger partial charge in [0.25, 0.3) is 5.91 Å². The molecule has 32 heavy (non-hydrogen) atoms. The van der Waals surface area contributed by atoms with Crippen molar-refractivity contribution < 1.29 is 4.79 Å². The zero-order valence-electron chi connectivity index (χ0n) is 18.9. The Balaban J connectivity index is 1.78. The number of hydrogen-bond acceptors (Lipinski definition) is 3. The number of hydrogen-bond donors (Lipinski definition) is 2. The summed E-state index contributed by atoms with van der Waals surface area (Å²) in [7, 11) is 0. The van der Waals surface area contributed by atoms with E-state index in [0.29, 0.717) is 5.56 Å². The van der Waals surface area contributed by atoms with Gasteiger partial charge in [0.2, 0.25) is 0 Å². The molecule has 3 aromatic carbocycles. The molecule has 0 saturated heterocycles. The van der Waals surface area contributed by atoms with Crippen molar-refractivity contribution in [3.8, 4) is 0 Å². The lowest BCUT2D eigenvalue weighted by Crippen LogP contribution is -2.17. The van der Waals surface area contributed by atoms with Gasteiger partial charge in [0.1, 0.15) is 5.00 Å². The lowest BCUT2D eigenvalue weighted by Gasteiger charge is -2.23. The van der Waals surface area contributed by atoms with Crippen molar-refractivity contribution in [3.63, 3.8) is 0 Å². The molecular formula is C28H28N2OS. The number of carbonyl (C=O) groups excluding carboxylic acids is 1. The average molecular weight is 441 g/mol. The van der Waals surface area contributed by atoms with Crippen molar-refractivity contribution in [2.45, 2.75) is 33.7 Å². The number of carbonyl (C=O) groups is 1. The maximum atomic E-state index is 13.0. The Bertz CT molecular complexity index is 1210. The van der Waals surface area contributed by atoms with Crippen LogP contribution in [0.5, 0.6) is 0 Å². The third-order valence-electron chi connectivity index (χ3n) is 5.65. The van der Waals surface area contributed by atoms with Gasteiger partial charge in [-0.3, -0.25) is 4.79 Å². The highest BCUT2D eigenvalue weighted by molar-refractivity contribution is 7.16. The Labute approximate surface area is 194 Å². The molecule has 0 radical (unpaired) electrons. The molecule has 4 rings (SSSR count). The molecule has 1 aromatic heterocycles. The molecule has 0 aliphatic rings. The number of anilines is 2. The fraction of sp³-hybridized carbons (Fsp3) is 0.179. The first kappa shape index (κ1) is 21.8. The predicted octanol–water partition coefficient (Wildman–Crippen LogP) is 7.44. The highest BCUT2D eigenvalue weighted by Crippen LogP contribution is 2.41. The van der Waals surface area contributed by atoms with E-state index in [1.165, 1.54) is 21.6 Å². The van der Waals surface area contributed by atoms with Crippen LogP contribution in [0.25, 0.3) is 0 Å². The van der Waals surface area contributed by atoms with Gasteiger partial charge in [-0.15, -0.1) is 11.3 Å². The molecule has 4 heteroatoms. The van der Waals surface area contributed by atoms with Crippen LogP contribution in [0.4, 0.5) is 10.7 Å². The van der Waals surface area contributed by atoms with Crippen LogP contribution in [0.1, 0.15) is 49.1 Å². The molecule has 162 valence electrons. The first-order valence-corrected chi connectivity index (χ1v) is 11.6. The quantitative estimate of drug-likeness (QED) is 0.327. The van der Waals surface area contributed by atoms with Crippen molar-refractivity contribution in [2.75, 3.05) is 10.6 Å². The van der Waals surface area contributed by atoms with E-state index >= 15 is 0 Å². The lowest BCUT2D eigenvalue weighted by molar-refractivity contribution is 0.102. The maximum absolute atomic E-state index is 13.0. The minimum atomic E-state index is -0.0914. The second kappa shape index (κ2) is 9.41. The molecule has 0 spiro atoms. The average Bonchev–Trinajstić information content (AvgIpc) is 3.05. The van der Waals surface area contributed by atoms with Gasteiger partial charge >= 0.3 is 0 Å². The second-order valence-corrected chi connectivity index (χ2v) is 9.44. The van der Waals surface area contributed by atoms with Gasteiger partial charge in [0, 0.05) is 21.7 Å². The molecule has 2 N–H and O–H groups in total. The maximum Gasteiger partial charge on any atom is 0.256 e. The molecule has 1 atom stereocenters. The van der Waals surface area contributed by atoms with Crippen LogP contribution < -0.4 is 10.6 Å². The van der Waals surface area contributed by atoms with Gasteiger partial charge in [0.15, 0.2) is 0 Å². The summed E-state index contributed by atoms with van der Waals surface area (Å²) in [5, 5.41) is 7.83. The zero-order valence-corrected chi connectivity index (χ0v) is 19.7. The number of thiophene rings is 1. The molecule has 1 amide bonds. The smallest absolute Gasteiger partial charge is 0.256 e. The Morgan fingerprint density at radius 1 is 0.812 bits per heavy atom. The highest BCUT2D eigenvalue weighted by Gasteiger charge is 2.25. The Kier molecular flexibility index (Phi) is 6.42. The molecule has 0 bridgehead atoms. The van der Waals surface area contributed by atoms with E-state index in [4.69, 9.17) is 0 Å². The standard InChI is InChI=1S/C28H28N2OS/c1-18-15-19(2)17-24(16-18)29-26(22-11-7-5-8-12-22)25-20(3)21(4)32-28(25)30-27(31)23-13-9-6-10-14-23/h5-17,26,29H,1-4H3,(H,30,31)/t26-/m0/s1. The Hall–Kier alpha value is -3.37. The Morgan fingerprint density at radius 2 is 1.41 bits per heavy atom. The fourth-order valence-electron chi connectivity index (χ4n) is 4.04. The summed E-state index contributed by atoms with van der Waals surface area (Å²) < 4.78 is 0. The van der Waals surface area contributed by atoms with E-state index < -0.39 is 0 Å². The van der Waals surface area contributed by atoms with E-state index in [1.807, 2.05) is 36.4 Å². The summed E-state index contributed by atoms with van der Waals surface area (Å²) in [5.74, 6) is -0.0914. The molecule has 0 aliphatic heterocycles. The predicted molar refractivity (Wildman–Crippen MR) is 136 cm³/mol. The molecule has 1 heterocycles. The molecule has 0 saturated carbocycles. The van der Waals surface area contributed by atoms with Crippen LogP contribution in [0, 0.1) is 27.7 Å². The zero-order chi connectivity index (χ0) is 22.7. The van der Waals surface area contributed by atoms with Crippen molar-refractivity contribution in [1.82, 2.24) is 0 Å². The largest absolute Gasteiger partial charge is 0.374 e. The first-order valence-electron chi connectivity index (χ1n) is 10.8. The van der Waals surface area contributed by atoms with E-state index in [1.54, 1.807) is 11.3 Å². The number of amides is 1. The topological polar surface area (TPSA) is 41.1 Å². The summed E-state index contributed by atoms with van der Waals surface area (Å²) >= 11 is 1.63. The molecular weight excluding hydrogens is 412 g/mol. The number of aryl methyl sites for hydroxylation is 3. The number of rotatable bonds is 6. The van der Waals surface area contributed by atoms with Gasteiger partial charge in [-0.25, -0.2) is 0 Å². The van der Waals surface area contributed by atoms with Crippen LogP contribution >= 0.6 is 11.3 Å². The van der Waals surface area contributed by atoms with Crippen molar-refractivity contribution in [3.05, 3.63) is 117 Å². The van der Waals surface area contributed by atoms with Crippen LogP contribution in [-0.2, 0) is 0 Å². The first-order chi connectivity index (χ1) is 15.4. The monoisotopic (exact) mass is 440 g/mol. The van der Waals surface area contributed by atoms with Crippen molar-refractivity contribution in [2.24, 2.45) is 0 Å². The SMILES string of the molecule is Cc1cc(C)cc(N[C@@H](c2ccccc2)c2c(NC(=O)c3ccccc3)sc(C)c2C)c1. The van der Waals surface area contributed by atoms with Gasteiger partial charge in [0.05, 0.1) is 6.04 Å². The molecule has 0 fully saturated rings. The number of nitrogens with one attached hydrogen (secondary N) is 2. The third-order valence-corrected chi connectivity index (χ3v) is 6.79. The normalized spacial score (nSPS) is 11.8. The summed E-state index contributed by atoms with van der Waals surface area (Å²) in [6.45, 7) is 8.47. The van der Waals surface area contributed by atoms with Crippen LogP contribution in [0.3, 0.4) is 0 Å². The van der Waals surface area contributed by atoms with Crippen LogP contribution in [0.15, 0.2) is 78.9 Å². The van der Waals surface area contributed by atoms with E-state index in [0.717, 1.165) is 21.8 Å². The molecule has 3 nitrogen and oxygen atoms in total. The van der Waals surface area contributed by atoms with Gasteiger partial charge < -0.3 is 10.6 Å².